The summed E-state index contributed by atoms with van der Waals surface area (Å²) in [7, 11) is 1.58. The van der Waals surface area contributed by atoms with Crippen molar-refractivity contribution in [3.8, 4) is 5.75 Å². The van der Waals surface area contributed by atoms with Crippen LogP contribution >= 0.6 is 0 Å². The number of rotatable bonds is 5. The molecule has 2 saturated heterocycles. The van der Waals surface area contributed by atoms with Gasteiger partial charge in [-0.3, -0.25) is 14.4 Å². The van der Waals surface area contributed by atoms with Gasteiger partial charge in [0, 0.05) is 49.1 Å². The molecule has 150 valence electrons. The van der Waals surface area contributed by atoms with Crippen molar-refractivity contribution in [1.82, 2.24) is 0 Å². The monoisotopic (exact) mass is 393 g/mol. The molecule has 0 bridgehead atoms. The average molecular weight is 393 g/mol. The summed E-state index contributed by atoms with van der Waals surface area (Å²) < 4.78 is 5.21. The lowest BCUT2D eigenvalue weighted by molar-refractivity contribution is -0.122. The molecule has 3 amide bonds. The Hall–Kier alpha value is -3.35. The van der Waals surface area contributed by atoms with E-state index in [0.717, 1.165) is 24.3 Å². The van der Waals surface area contributed by atoms with E-state index in [1.54, 1.807) is 35.1 Å². The van der Waals surface area contributed by atoms with Crippen LogP contribution in [-0.4, -0.2) is 37.9 Å². The summed E-state index contributed by atoms with van der Waals surface area (Å²) in [6.45, 7) is 1.06. The SMILES string of the molecule is COc1cccc(N2CC(C(=O)Nc3ccc(N4CCCC4=O)cc3)CC2=O)c1. The molecule has 0 saturated carbocycles. The zero-order valence-corrected chi connectivity index (χ0v) is 16.3. The molecule has 2 aromatic carbocycles. The first kappa shape index (κ1) is 19.0. The topological polar surface area (TPSA) is 79.0 Å². The number of carbonyl (C=O) groups excluding carboxylic acids is 3. The summed E-state index contributed by atoms with van der Waals surface area (Å²) in [5.74, 6) is 0.104. The van der Waals surface area contributed by atoms with Crippen LogP contribution in [0.25, 0.3) is 0 Å². The van der Waals surface area contributed by atoms with Crippen LogP contribution in [0.5, 0.6) is 5.75 Å². The Kier molecular flexibility index (Phi) is 5.20. The van der Waals surface area contributed by atoms with E-state index in [-0.39, 0.29) is 24.1 Å². The van der Waals surface area contributed by atoms with Gasteiger partial charge < -0.3 is 19.9 Å². The molecular weight excluding hydrogens is 370 g/mol. The Balaban J connectivity index is 1.40. The number of anilines is 3. The highest BCUT2D eigenvalue weighted by Crippen LogP contribution is 2.29. The van der Waals surface area contributed by atoms with Crippen LogP contribution in [0.4, 0.5) is 17.1 Å². The minimum absolute atomic E-state index is 0.0821. The molecule has 7 nitrogen and oxygen atoms in total. The smallest absolute Gasteiger partial charge is 0.229 e. The van der Waals surface area contributed by atoms with Gasteiger partial charge in [-0.1, -0.05) is 6.07 Å². The molecule has 1 N–H and O–H groups in total. The molecule has 2 heterocycles. The fourth-order valence-corrected chi connectivity index (χ4v) is 3.80. The number of carbonyl (C=O) groups is 3. The Bertz CT molecular complexity index is 941. The molecule has 2 aromatic rings. The molecule has 1 atom stereocenters. The number of ether oxygens (including phenoxy) is 1. The number of hydrogen-bond acceptors (Lipinski definition) is 4. The number of hydrogen-bond donors (Lipinski definition) is 1. The summed E-state index contributed by atoms with van der Waals surface area (Å²) in [6.07, 6.45) is 1.62. The maximum Gasteiger partial charge on any atom is 0.229 e. The zero-order chi connectivity index (χ0) is 20.4. The third kappa shape index (κ3) is 3.94. The van der Waals surface area contributed by atoms with Crippen molar-refractivity contribution in [2.24, 2.45) is 5.92 Å². The molecule has 0 aliphatic carbocycles. The lowest BCUT2D eigenvalue weighted by atomic mass is 10.1. The maximum absolute atomic E-state index is 12.7. The van der Waals surface area contributed by atoms with Crippen molar-refractivity contribution >= 4 is 34.8 Å². The van der Waals surface area contributed by atoms with E-state index in [2.05, 4.69) is 5.32 Å². The van der Waals surface area contributed by atoms with Gasteiger partial charge in [-0.15, -0.1) is 0 Å². The molecule has 29 heavy (non-hydrogen) atoms. The standard InChI is InChI=1S/C22H23N3O4/c1-29-19-5-2-4-18(13-19)25-14-15(12-21(25)27)22(28)23-16-7-9-17(10-8-16)24-11-3-6-20(24)26/h2,4-5,7-10,13,15H,3,6,11-12,14H2,1H3,(H,23,28). The van der Waals surface area contributed by atoms with Gasteiger partial charge in [0.1, 0.15) is 5.75 Å². The Labute approximate surface area is 169 Å². The molecule has 2 fully saturated rings. The average Bonchev–Trinajstić information content (AvgIpc) is 3.34. The Morgan fingerprint density at radius 2 is 1.83 bits per heavy atom. The van der Waals surface area contributed by atoms with Gasteiger partial charge in [0.25, 0.3) is 0 Å². The van der Waals surface area contributed by atoms with E-state index in [0.29, 0.717) is 24.4 Å². The van der Waals surface area contributed by atoms with Gasteiger partial charge in [0.15, 0.2) is 0 Å². The van der Waals surface area contributed by atoms with Crippen LogP contribution < -0.4 is 19.9 Å². The van der Waals surface area contributed by atoms with E-state index in [1.807, 2.05) is 30.3 Å². The lowest BCUT2D eigenvalue weighted by Crippen LogP contribution is -2.28. The first-order valence-corrected chi connectivity index (χ1v) is 9.71. The summed E-state index contributed by atoms with van der Waals surface area (Å²) >= 11 is 0. The van der Waals surface area contributed by atoms with Crippen molar-refractivity contribution < 1.29 is 19.1 Å². The second kappa shape index (κ2) is 7.95. The molecule has 0 radical (unpaired) electrons. The van der Waals surface area contributed by atoms with Crippen molar-refractivity contribution in [2.75, 3.05) is 35.3 Å². The van der Waals surface area contributed by atoms with Gasteiger partial charge in [-0.25, -0.2) is 0 Å². The fraction of sp³-hybridized carbons (Fsp3) is 0.318. The van der Waals surface area contributed by atoms with Crippen LogP contribution in [0.3, 0.4) is 0 Å². The van der Waals surface area contributed by atoms with Crippen molar-refractivity contribution in [1.29, 1.82) is 0 Å². The Morgan fingerprint density at radius 1 is 1.03 bits per heavy atom. The summed E-state index contributed by atoms with van der Waals surface area (Å²) in [4.78, 5) is 40.3. The number of methoxy groups -OCH3 is 1. The van der Waals surface area contributed by atoms with Gasteiger partial charge in [-0.05, 0) is 42.8 Å². The summed E-state index contributed by atoms with van der Waals surface area (Å²) in [6, 6.07) is 14.5. The second-order valence-electron chi connectivity index (χ2n) is 7.29. The molecule has 0 aromatic heterocycles. The predicted octanol–water partition coefficient (Wildman–Crippen LogP) is 2.81. The maximum atomic E-state index is 12.7. The highest BCUT2D eigenvalue weighted by molar-refractivity contribution is 6.03. The third-order valence-electron chi connectivity index (χ3n) is 5.38. The van der Waals surface area contributed by atoms with Gasteiger partial charge in [0.2, 0.25) is 17.7 Å². The molecule has 2 aliphatic heterocycles. The Morgan fingerprint density at radius 3 is 2.52 bits per heavy atom. The van der Waals surface area contributed by atoms with Crippen LogP contribution in [0.15, 0.2) is 48.5 Å². The van der Waals surface area contributed by atoms with E-state index < -0.39 is 5.92 Å². The summed E-state index contributed by atoms with van der Waals surface area (Å²) in [5.41, 5.74) is 2.22. The van der Waals surface area contributed by atoms with Gasteiger partial charge in [-0.2, -0.15) is 0 Å². The quantitative estimate of drug-likeness (QED) is 0.847. The number of benzene rings is 2. The van der Waals surface area contributed by atoms with Crippen molar-refractivity contribution in [3.63, 3.8) is 0 Å². The molecule has 1 unspecified atom stereocenters. The molecular formula is C22H23N3O4. The number of amides is 3. The molecule has 7 heteroatoms. The van der Waals surface area contributed by atoms with E-state index in [4.69, 9.17) is 4.74 Å². The number of nitrogens with zero attached hydrogens (tertiary/aromatic N) is 2. The zero-order valence-electron chi connectivity index (χ0n) is 16.3. The fourth-order valence-electron chi connectivity index (χ4n) is 3.80. The molecule has 0 spiro atoms. The third-order valence-corrected chi connectivity index (χ3v) is 5.38. The minimum atomic E-state index is -0.423. The normalized spacial score (nSPS) is 19.0. The van der Waals surface area contributed by atoms with Crippen LogP contribution in [0.1, 0.15) is 19.3 Å². The van der Waals surface area contributed by atoms with Gasteiger partial charge >= 0.3 is 0 Å². The van der Waals surface area contributed by atoms with Crippen molar-refractivity contribution in [3.05, 3.63) is 48.5 Å². The van der Waals surface area contributed by atoms with Crippen LogP contribution in [0.2, 0.25) is 0 Å². The highest BCUT2D eigenvalue weighted by Gasteiger charge is 2.35. The highest BCUT2D eigenvalue weighted by atomic mass is 16.5. The van der Waals surface area contributed by atoms with Crippen molar-refractivity contribution in [2.45, 2.75) is 19.3 Å². The van der Waals surface area contributed by atoms with E-state index in [9.17, 15) is 14.4 Å². The van der Waals surface area contributed by atoms with Crippen LogP contribution in [-0.2, 0) is 14.4 Å². The van der Waals surface area contributed by atoms with E-state index >= 15 is 0 Å². The van der Waals surface area contributed by atoms with Gasteiger partial charge in [0.05, 0.1) is 13.0 Å². The molecule has 2 aliphatic rings. The number of nitrogens with one attached hydrogen (secondary N) is 1. The first-order chi connectivity index (χ1) is 14.0. The van der Waals surface area contributed by atoms with E-state index in [1.165, 1.54) is 0 Å². The first-order valence-electron chi connectivity index (χ1n) is 9.71. The second-order valence-corrected chi connectivity index (χ2v) is 7.29. The lowest BCUT2D eigenvalue weighted by Gasteiger charge is -2.18. The van der Waals surface area contributed by atoms with Crippen LogP contribution in [0, 0.1) is 5.92 Å². The largest absolute Gasteiger partial charge is 0.497 e. The molecule has 4 rings (SSSR count). The summed E-state index contributed by atoms with van der Waals surface area (Å²) in [5, 5.41) is 2.88. The minimum Gasteiger partial charge on any atom is -0.497 e. The predicted molar refractivity (Wildman–Crippen MR) is 110 cm³/mol.